The third kappa shape index (κ3) is 4.39. The van der Waals surface area contributed by atoms with Crippen molar-refractivity contribution >= 4 is 27.9 Å². The number of aryl methyl sites for hydroxylation is 1. The number of thioether (sulfide) groups is 1. The van der Waals surface area contributed by atoms with E-state index in [2.05, 4.69) is 6.58 Å². The Morgan fingerprint density at radius 3 is 2.29 bits per heavy atom. The van der Waals surface area contributed by atoms with E-state index in [0.717, 1.165) is 23.3 Å². The van der Waals surface area contributed by atoms with Crippen molar-refractivity contribution in [2.45, 2.75) is 50.8 Å². The summed E-state index contributed by atoms with van der Waals surface area (Å²) in [5, 5.41) is 0. The number of hydrogen-bond donors (Lipinski definition) is 0. The Kier molecular flexibility index (Phi) is 6.47. The fourth-order valence-corrected chi connectivity index (χ4v) is 5.35. The van der Waals surface area contributed by atoms with Crippen molar-refractivity contribution in [1.29, 1.82) is 0 Å². The van der Waals surface area contributed by atoms with Crippen LogP contribution in [-0.2, 0) is 14.6 Å². The highest BCUT2D eigenvalue weighted by Gasteiger charge is 2.23. The fraction of sp³-hybridized carbons (Fsp3) is 0.421. The Morgan fingerprint density at radius 2 is 1.75 bits per heavy atom. The van der Waals surface area contributed by atoms with Crippen molar-refractivity contribution in [3.05, 3.63) is 51.1 Å². The highest BCUT2D eigenvalue weighted by atomic mass is 32.2. The summed E-state index contributed by atoms with van der Waals surface area (Å²) in [4.78, 5) is 13.0. The predicted octanol–water partition coefficient (Wildman–Crippen LogP) is 5.03. The number of sulfone groups is 1. The summed E-state index contributed by atoms with van der Waals surface area (Å²) in [5.41, 5.74) is 0.992. The summed E-state index contributed by atoms with van der Waals surface area (Å²) in [6, 6.07) is 6.68. The first-order valence-electron chi connectivity index (χ1n) is 8.20. The summed E-state index contributed by atoms with van der Waals surface area (Å²) in [6.07, 6.45) is 6.37. The monoisotopic (exact) mass is 364 g/mol. The Bertz CT molecular complexity index is 737. The summed E-state index contributed by atoms with van der Waals surface area (Å²) in [7, 11) is -3.66. The first kappa shape index (κ1) is 19.0. The number of carbonyl (C=O) groups is 1. The van der Waals surface area contributed by atoms with E-state index in [0.29, 0.717) is 12.2 Å². The molecule has 1 saturated carbocycles. The van der Waals surface area contributed by atoms with Crippen LogP contribution in [0.25, 0.3) is 0 Å². The van der Waals surface area contributed by atoms with Crippen LogP contribution < -0.4 is 0 Å². The molecule has 0 aliphatic heterocycles. The Balaban J connectivity index is 2.26. The molecule has 0 aromatic heterocycles. The molecule has 0 saturated heterocycles. The van der Waals surface area contributed by atoms with Crippen LogP contribution in [0.15, 0.2) is 50.5 Å². The molecule has 0 bridgehead atoms. The Hall–Kier alpha value is -1.33. The molecular formula is C19H24O3S2. The lowest BCUT2D eigenvalue weighted by atomic mass is 9.89. The molecule has 0 spiro atoms. The number of hydrogen-bond acceptors (Lipinski definition) is 4. The van der Waals surface area contributed by atoms with Crippen LogP contribution in [0.5, 0.6) is 0 Å². The number of allylic oxidation sites excluding steroid dienone is 3. The summed E-state index contributed by atoms with van der Waals surface area (Å²) < 4.78 is 25.5. The third-order valence-corrected chi connectivity index (χ3v) is 7.76. The summed E-state index contributed by atoms with van der Waals surface area (Å²) >= 11 is 1.22. The maximum absolute atomic E-state index is 12.7. The quantitative estimate of drug-likeness (QED) is 0.525. The van der Waals surface area contributed by atoms with Gasteiger partial charge in [-0.05, 0) is 49.6 Å². The van der Waals surface area contributed by atoms with Gasteiger partial charge in [0.15, 0.2) is 6.29 Å². The molecule has 1 aliphatic carbocycles. The molecule has 130 valence electrons. The minimum Gasteiger partial charge on any atom is -0.297 e. The number of aldehydes is 1. The average molecular weight is 365 g/mol. The predicted molar refractivity (Wildman–Crippen MR) is 100 cm³/mol. The normalized spacial score (nSPS) is 17.2. The molecule has 0 unspecified atom stereocenters. The number of carbonyl (C=O) groups excluding carboxylic acids is 1. The van der Waals surface area contributed by atoms with Crippen molar-refractivity contribution < 1.29 is 13.2 Å². The first-order chi connectivity index (χ1) is 11.4. The molecule has 1 aliphatic rings. The second-order valence-electron chi connectivity index (χ2n) is 6.26. The summed E-state index contributed by atoms with van der Waals surface area (Å²) in [5.74, 6) is 0.369. The lowest BCUT2D eigenvalue weighted by Gasteiger charge is -2.23. The zero-order valence-electron chi connectivity index (χ0n) is 14.2. The molecule has 0 atom stereocenters. The van der Waals surface area contributed by atoms with E-state index in [1.165, 1.54) is 37.9 Å². The van der Waals surface area contributed by atoms with Crippen molar-refractivity contribution in [2.75, 3.05) is 0 Å². The van der Waals surface area contributed by atoms with E-state index in [-0.39, 0.29) is 14.7 Å². The van der Waals surface area contributed by atoms with Gasteiger partial charge in [-0.1, -0.05) is 55.3 Å². The molecule has 0 amide bonds. The molecule has 3 nitrogen and oxygen atoms in total. The molecule has 0 N–H and O–H groups in total. The van der Waals surface area contributed by atoms with Gasteiger partial charge >= 0.3 is 0 Å². The Labute approximate surface area is 149 Å². The molecule has 1 aromatic carbocycles. The van der Waals surface area contributed by atoms with Gasteiger partial charge in [0.2, 0.25) is 9.84 Å². The van der Waals surface area contributed by atoms with Gasteiger partial charge in [0, 0.05) is 0 Å². The molecule has 24 heavy (non-hydrogen) atoms. The SMILES string of the molecule is C=C(S/C(C=O)=C(\C)S(=O)(=O)c1ccc(C)cc1)C1CCCCC1. The fourth-order valence-electron chi connectivity index (χ4n) is 2.85. The van der Waals surface area contributed by atoms with Crippen molar-refractivity contribution in [3.63, 3.8) is 0 Å². The van der Waals surface area contributed by atoms with Gasteiger partial charge < -0.3 is 0 Å². The molecule has 1 fully saturated rings. The zero-order chi connectivity index (χ0) is 17.7. The largest absolute Gasteiger partial charge is 0.297 e. The smallest absolute Gasteiger partial charge is 0.203 e. The van der Waals surface area contributed by atoms with Gasteiger partial charge in [-0.2, -0.15) is 0 Å². The zero-order valence-corrected chi connectivity index (χ0v) is 15.9. The van der Waals surface area contributed by atoms with E-state index in [1.807, 2.05) is 6.92 Å². The van der Waals surface area contributed by atoms with Gasteiger partial charge in [0.1, 0.15) is 0 Å². The molecule has 2 rings (SSSR count). The topological polar surface area (TPSA) is 51.2 Å². The van der Waals surface area contributed by atoms with Crippen molar-refractivity contribution in [1.82, 2.24) is 0 Å². The maximum Gasteiger partial charge on any atom is 0.203 e. The van der Waals surface area contributed by atoms with E-state index < -0.39 is 9.84 Å². The number of benzene rings is 1. The molecule has 0 heterocycles. The van der Waals surface area contributed by atoms with Crippen LogP contribution in [0.3, 0.4) is 0 Å². The molecule has 1 aromatic rings. The highest BCUT2D eigenvalue weighted by molar-refractivity contribution is 8.08. The summed E-state index contributed by atoms with van der Waals surface area (Å²) in [6.45, 7) is 7.49. The van der Waals surface area contributed by atoms with E-state index >= 15 is 0 Å². The average Bonchev–Trinajstić information content (AvgIpc) is 2.60. The second-order valence-corrected chi connectivity index (χ2v) is 9.52. The maximum atomic E-state index is 12.7. The van der Waals surface area contributed by atoms with E-state index in [1.54, 1.807) is 24.3 Å². The van der Waals surface area contributed by atoms with Crippen LogP contribution >= 0.6 is 11.8 Å². The van der Waals surface area contributed by atoms with Crippen molar-refractivity contribution in [3.8, 4) is 0 Å². The molecular weight excluding hydrogens is 340 g/mol. The van der Waals surface area contributed by atoms with Crippen LogP contribution in [-0.4, -0.2) is 14.7 Å². The lowest BCUT2D eigenvalue weighted by Crippen LogP contribution is -2.09. The van der Waals surface area contributed by atoms with Crippen molar-refractivity contribution in [2.24, 2.45) is 5.92 Å². The minimum atomic E-state index is -3.66. The molecule has 5 heteroatoms. The number of rotatable bonds is 6. The third-order valence-electron chi connectivity index (χ3n) is 4.49. The van der Waals surface area contributed by atoms with Crippen LogP contribution in [0.1, 0.15) is 44.6 Å². The molecule has 0 radical (unpaired) electrons. The second kappa shape index (κ2) is 8.17. The van der Waals surface area contributed by atoms with Gasteiger partial charge in [-0.25, -0.2) is 8.42 Å². The van der Waals surface area contributed by atoms with Gasteiger partial charge in [0.05, 0.1) is 14.7 Å². The Morgan fingerprint density at radius 1 is 1.17 bits per heavy atom. The lowest BCUT2D eigenvalue weighted by molar-refractivity contribution is -0.104. The van der Waals surface area contributed by atoms with E-state index in [4.69, 9.17) is 0 Å². The minimum absolute atomic E-state index is 0.100. The van der Waals surface area contributed by atoms with Gasteiger partial charge in [-0.15, -0.1) is 0 Å². The highest BCUT2D eigenvalue weighted by Crippen LogP contribution is 2.39. The van der Waals surface area contributed by atoms with Gasteiger partial charge in [-0.3, -0.25) is 4.79 Å². The van der Waals surface area contributed by atoms with Crippen LogP contribution in [0, 0.1) is 12.8 Å². The van der Waals surface area contributed by atoms with E-state index in [9.17, 15) is 13.2 Å². The van der Waals surface area contributed by atoms with Crippen LogP contribution in [0.4, 0.5) is 0 Å². The van der Waals surface area contributed by atoms with Gasteiger partial charge in [0.25, 0.3) is 0 Å². The van der Waals surface area contributed by atoms with Crippen LogP contribution in [0.2, 0.25) is 0 Å². The standard InChI is InChI=1S/C19H24O3S2/c1-14-9-11-18(12-10-14)24(21,22)16(3)19(13-20)23-15(2)17-7-5-4-6-8-17/h9-13,17H,2,4-8H2,1,3H3/b19-16+. The first-order valence-corrected chi connectivity index (χ1v) is 10.5.